The summed E-state index contributed by atoms with van der Waals surface area (Å²) in [4.78, 5) is 14.9. The number of aromatic hydroxyl groups is 1. The van der Waals surface area contributed by atoms with E-state index in [0.717, 1.165) is 15.4 Å². The number of phenols is 1. The molecule has 2 aromatic heterocycles. The van der Waals surface area contributed by atoms with Crippen molar-refractivity contribution in [1.82, 2.24) is 19.9 Å². The number of nitrogens with zero attached hydrogens (tertiary/aromatic N) is 5. The zero-order valence-electron chi connectivity index (χ0n) is 11.7. The minimum Gasteiger partial charge on any atom is -0.506 e. The first-order valence-electron chi connectivity index (χ1n) is 6.78. The number of hydrogen-bond acceptors (Lipinski definition) is 6. The van der Waals surface area contributed by atoms with Crippen LogP contribution < -0.4 is 5.69 Å². The fraction of sp³-hybridized carbons (Fsp3) is 0. The molecule has 4 aromatic rings. The van der Waals surface area contributed by atoms with Crippen molar-refractivity contribution in [2.24, 2.45) is 10.3 Å². The van der Waals surface area contributed by atoms with Crippen molar-refractivity contribution in [2.75, 3.05) is 0 Å². The molecule has 0 atom stereocenters. The van der Waals surface area contributed by atoms with Gasteiger partial charge in [0.1, 0.15) is 11.4 Å². The minimum atomic E-state index is -0.453. The number of phenolic OH excluding ortho intramolecular Hbond substituents is 1. The van der Waals surface area contributed by atoms with Crippen molar-refractivity contribution in [2.45, 2.75) is 0 Å². The first-order valence-corrected chi connectivity index (χ1v) is 6.78. The lowest BCUT2D eigenvalue weighted by Crippen LogP contribution is -2.18. The Balaban J connectivity index is 1.85. The van der Waals surface area contributed by atoms with Crippen LogP contribution >= 0.6 is 0 Å². The van der Waals surface area contributed by atoms with Crippen LogP contribution in [0.1, 0.15) is 0 Å². The maximum Gasteiger partial charge on any atom is 0.347 e. The van der Waals surface area contributed by atoms with Crippen molar-refractivity contribution in [3.8, 4) is 5.75 Å². The molecule has 0 aliphatic rings. The first-order chi connectivity index (χ1) is 11.2. The van der Waals surface area contributed by atoms with Crippen molar-refractivity contribution < 1.29 is 5.11 Å². The molecule has 0 unspecified atom stereocenters. The quantitative estimate of drug-likeness (QED) is 0.554. The Hall–Kier alpha value is -3.55. The van der Waals surface area contributed by atoms with Crippen LogP contribution in [0.2, 0.25) is 0 Å². The van der Waals surface area contributed by atoms with Gasteiger partial charge in [-0.15, -0.1) is 5.11 Å². The van der Waals surface area contributed by atoms with Crippen LogP contribution in [0.25, 0.3) is 21.8 Å². The van der Waals surface area contributed by atoms with Gasteiger partial charge >= 0.3 is 5.69 Å². The molecule has 0 saturated heterocycles. The number of rotatable bonds is 2. The number of benzene rings is 2. The van der Waals surface area contributed by atoms with Gasteiger partial charge in [-0.1, -0.05) is 17.4 Å². The summed E-state index contributed by atoms with van der Waals surface area (Å²) in [5.41, 5.74) is 1.18. The molecular formula is C15H10N6O2. The highest BCUT2D eigenvalue weighted by molar-refractivity contribution is 6.02. The summed E-state index contributed by atoms with van der Waals surface area (Å²) in [6.45, 7) is 0. The molecule has 2 N–H and O–H groups in total. The summed E-state index contributed by atoms with van der Waals surface area (Å²) in [7, 11) is 0. The number of fused-ring (bicyclic) bond motifs is 3. The zero-order valence-corrected chi connectivity index (χ0v) is 11.7. The summed E-state index contributed by atoms with van der Waals surface area (Å²) < 4.78 is 1.07. The Bertz CT molecular complexity index is 1110. The van der Waals surface area contributed by atoms with Gasteiger partial charge in [-0.25, -0.2) is 4.79 Å². The van der Waals surface area contributed by atoms with Gasteiger partial charge in [0, 0.05) is 17.0 Å². The molecule has 0 aliphatic heterocycles. The van der Waals surface area contributed by atoms with Crippen LogP contribution in [0.5, 0.6) is 5.75 Å². The first kappa shape index (κ1) is 13.1. The second-order valence-corrected chi connectivity index (χ2v) is 4.89. The lowest BCUT2D eigenvalue weighted by Gasteiger charge is -2.02. The molecule has 2 aromatic carbocycles. The zero-order chi connectivity index (χ0) is 15.8. The van der Waals surface area contributed by atoms with Crippen molar-refractivity contribution in [3.63, 3.8) is 0 Å². The van der Waals surface area contributed by atoms with Crippen molar-refractivity contribution in [3.05, 3.63) is 59.3 Å². The van der Waals surface area contributed by atoms with Crippen LogP contribution in [0.3, 0.4) is 0 Å². The second-order valence-electron chi connectivity index (χ2n) is 4.89. The van der Waals surface area contributed by atoms with E-state index in [4.69, 9.17) is 0 Å². The van der Waals surface area contributed by atoms with E-state index in [1.807, 2.05) is 12.1 Å². The highest BCUT2D eigenvalue weighted by Gasteiger charge is 2.06. The Morgan fingerprint density at radius 1 is 1.17 bits per heavy atom. The summed E-state index contributed by atoms with van der Waals surface area (Å²) in [5.74, 6) is -0.00953. The van der Waals surface area contributed by atoms with Gasteiger partial charge in [-0.05, 0) is 24.3 Å². The van der Waals surface area contributed by atoms with Crippen LogP contribution in [-0.2, 0) is 0 Å². The predicted octanol–water partition coefficient (Wildman–Crippen LogP) is 2.53. The van der Waals surface area contributed by atoms with Gasteiger partial charge in [0.05, 0.1) is 17.2 Å². The molecule has 0 spiro atoms. The predicted molar refractivity (Wildman–Crippen MR) is 83.7 cm³/mol. The van der Waals surface area contributed by atoms with Crippen LogP contribution in [-0.4, -0.2) is 25.0 Å². The van der Waals surface area contributed by atoms with Gasteiger partial charge in [0.15, 0.2) is 0 Å². The molecule has 112 valence electrons. The normalized spacial score (nSPS) is 11.7. The standard InChI is InChI=1S/C15H10N6O2/c22-13-4-2-1-3-12(13)19-20-21-8-9-5-6-11-10(7-16-18-11)14(9)17-15(21)23/h1-8,22H,(H,17,23). The summed E-state index contributed by atoms with van der Waals surface area (Å²) >= 11 is 0. The smallest absolute Gasteiger partial charge is 0.347 e. The fourth-order valence-electron chi connectivity index (χ4n) is 2.31. The molecule has 23 heavy (non-hydrogen) atoms. The average molecular weight is 306 g/mol. The Morgan fingerprint density at radius 3 is 2.91 bits per heavy atom. The molecule has 0 radical (unpaired) electrons. The number of H-pyrrole nitrogens is 1. The van der Waals surface area contributed by atoms with Gasteiger partial charge in [0.2, 0.25) is 0 Å². The highest BCUT2D eigenvalue weighted by atomic mass is 16.3. The third kappa shape index (κ3) is 2.22. The number of hydrogen-bond donors (Lipinski definition) is 2. The molecule has 0 aliphatic carbocycles. The largest absolute Gasteiger partial charge is 0.506 e. The van der Waals surface area contributed by atoms with Gasteiger partial charge in [-0.3, -0.25) is 0 Å². The topological polar surface area (TPSA) is 109 Å². The van der Waals surface area contributed by atoms with Crippen LogP contribution in [0, 0.1) is 0 Å². The van der Waals surface area contributed by atoms with Crippen LogP contribution in [0.4, 0.5) is 5.69 Å². The Labute approximate surface area is 128 Å². The molecule has 0 saturated carbocycles. The second kappa shape index (κ2) is 5.02. The molecule has 0 fully saturated rings. The van der Waals surface area contributed by atoms with Gasteiger partial charge in [-0.2, -0.15) is 14.9 Å². The Kier molecular flexibility index (Phi) is 2.87. The van der Waals surface area contributed by atoms with E-state index >= 15 is 0 Å². The van der Waals surface area contributed by atoms with E-state index in [1.54, 1.807) is 30.6 Å². The number of para-hydroxylation sites is 1. The Morgan fingerprint density at radius 2 is 2.04 bits per heavy atom. The van der Waals surface area contributed by atoms with E-state index in [-0.39, 0.29) is 11.4 Å². The fourth-order valence-corrected chi connectivity index (χ4v) is 2.31. The summed E-state index contributed by atoms with van der Waals surface area (Å²) in [6, 6.07) is 10.1. The third-order valence-corrected chi connectivity index (χ3v) is 3.44. The third-order valence-electron chi connectivity index (χ3n) is 3.44. The summed E-state index contributed by atoms with van der Waals surface area (Å²) in [6.07, 6.45) is 3.16. The molecule has 8 nitrogen and oxygen atoms in total. The van der Waals surface area contributed by atoms with E-state index in [0.29, 0.717) is 11.0 Å². The van der Waals surface area contributed by atoms with Gasteiger partial charge < -0.3 is 10.1 Å². The average Bonchev–Trinajstić information content (AvgIpc) is 3.03. The lowest BCUT2D eigenvalue weighted by molar-refractivity contribution is 0.476. The van der Waals surface area contributed by atoms with Crippen molar-refractivity contribution in [1.29, 1.82) is 0 Å². The molecule has 0 bridgehead atoms. The monoisotopic (exact) mass is 306 g/mol. The van der Waals surface area contributed by atoms with E-state index in [9.17, 15) is 9.90 Å². The van der Waals surface area contributed by atoms with E-state index in [1.165, 1.54) is 6.07 Å². The van der Waals surface area contributed by atoms with E-state index in [2.05, 4.69) is 25.5 Å². The molecule has 2 heterocycles. The SMILES string of the molecule is O=c1[nH]c2c(ccc3nncc32)cn1N=Nc1ccccc1O. The molecular weight excluding hydrogens is 296 g/mol. The van der Waals surface area contributed by atoms with E-state index < -0.39 is 5.69 Å². The van der Waals surface area contributed by atoms with Crippen molar-refractivity contribution >= 4 is 27.5 Å². The maximum atomic E-state index is 12.2. The van der Waals surface area contributed by atoms with Gasteiger partial charge in [0.25, 0.3) is 0 Å². The lowest BCUT2D eigenvalue weighted by atomic mass is 10.2. The highest BCUT2D eigenvalue weighted by Crippen LogP contribution is 2.25. The number of aromatic amines is 1. The molecule has 0 amide bonds. The number of nitrogens with one attached hydrogen (secondary N) is 1. The van der Waals surface area contributed by atoms with Crippen LogP contribution in [0.15, 0.2) is 63.9 Å². The number of aromatic nitrogens is 4. The molecule has 4 rings (SSSR count). The minimum absolute atomic E-state index is 0.00953. The maximum absolute atomic E-state index is 12.2. The summed E-state index contributed by atoms with van der Waals surface area (Å²) in [5, 5.41) is 26.7. The molecule has 8 heteroatoms.